The van der Waals surface area contributed by atoms with Gasteiger partial charge in [-0.25, -0.2) is 4.85 Å². The zero-order valence-corrected chi connectivity index (χ0v) is 20.5. The lowest BCUT2D eigenvalue weighted by Crippen LogP contribution is -2.12. The van der Waals surface area contributed by atoms with Crippen molar-refractivity contribution in [1.29, 1.82) is 0 Å². The molecule has 0 unspecified atom stereocenters. The fraction of sp³-hybridized carbons (Fsp3) is 0.290. The van der Waals surface area contributed by atoms with Crippen molar-refractivity contribution >= 4 is 16.5 Å². The van der Waals surface area contributed by atoms with Crippen molar-refractivity contribution in [2.24, 2.45) is 5.41 Å². The van der Waals surface area contributed by atoms with Gasteiger partial charge in [0.05, 0.1) is 12.3 Å². The third-order valence-corrected chi connectivity index (χ3v) is 5.98. The van der Waals surface area contributed by atoms with Crippen LogP contribution in [0.1, 0.15) is 52.7 Å². The van der Waals surface area contributed by atoms with Crippen LogP contribution in [-0.4, -0.2) is 4.98 Å². The number of rotatable bonds is 3. The van der Waals surface area contributed by atoms with Crippen LogP contribution in [0.2, 0.25) is 0 Å². The van der Waals surface area contributed by atoms with E-state index < -0.39 is 0 Å². The Morgan fingerprint density at radius 3 is 2.15 bits per heavy atom. The van der Waals surface area contributed by atoms with E-state index in [2.05, 4.69) is 112 Å². The summed E-state index contributed by atoms with van der Waals surface area (Å²) in [6.07, 6.45) is 2.85. The molecule has 1 aromatic heterocycles. The second-order valence-corrected chi connectivity index (χ2v) is 11.1. The van der Waals surface area contributed by atoms with E-state index >= 15 is 0 Å². The number of pyridine rings is 1. The first kappa shape index (κ1) is 22.7. The quantitative estimate of drug-likeness (QED) is 0.295. The first-order valence-corrected chi connectivity index (χ1v) is 11.6. The second kappa shape index (κ2) is 8.49. The van der Waals surface area contributed by atoms with Crippen LogP contribution in [0.15, 0.2) is 72.9 Å². The molecular formula is C31H32N2. The predicted octanol–water partition coefficient (Wildman–Crippen LogP) is 9.01. The lowest BCUT2D eigenvalue weighted by atomic mass is 9.82. The fourth-order valence-electron chi connectivity index (χ4n) is 4.49. The van der Waals surface area contributed by atoms with Gasteiger partial charge in [0.15, 0.2) is 0 Å². The Balaban J connectivity index is 1.86. The summed E-state index contributed by atoms with van der Waals surface area (Å²) in [4.78, 5) is 8.65. The van der Waals surface area contributed by atoms with E-state index in [1.807, 2.05) is 12.3 Å². The number of fused-ring (bicyclic) bond motifs is 1. The highest BCUT2D eigenvalue weighted by Crippen LogP contribution is 2.41. The Kier molecular flexibility index (Phi) is 5.85. The molecule has 33 heavy (non-hydrogen) atoms. The molecule has 0 amide bonds. The summed E-state index contributed by atoms with van der Waals surface area (Å²) >= 11 is 0. The molecule has 0 bridgehead atoms. The molecule has 0 fully saturated rings. The van der Waals surface area contributed by atoms with Gasteiger partial charge in [-0.05, 0) is 74.0 Å². The molecule has 3 aromatic carbocycles. The molecule has 0 radical (unpaired) electrons. The molecule has 0 spiro atoms. The van der Waals surface area contributed by atoms with E-state index in [0.717, 1.165) is 28.8 Å². The molecule has 2 nitrogen and oxygen atoms in total. The van der Waals surface area contributed by atoms with Gasteiger partial charge in [0, 0.05) is 6.20 Å². The summed E-state index contributed by atoms with van der Waals surface area (Å²) in [5, 5.41) is 2.43. The number of nitrogens with zero attached hydrogens (tertiary/aromatic N) is 2. The van der Waals surface area contributed by atoms with Crippen LogP contribution >= 0.6 is 0 Å². The minimum Gasteiger partial charge on any atom is -0.268 e. The van der Waals surface area contributed by atoms with Crippen LogP contribution in [0.5, 0.6) is 0 Å². The first-order chi connectivity index (χ1) is 15.6. The van der Waals surface area contributed by atoms with Crippen molar-refractivity contribution in [1.82, 2.24) is 4.98 Å². The van der Waals surface area contributed by atoms with Gasteiger partial charge < -0.3 is 0 Å². The highest BCUT2D eigenvalue weighted by Gasteiger charge is 2.21. The summed E-state index contributed by atoms with van der Waals surface area (Å²) in [6.45, 7) is 21.5. The number of hydrogen-bond donors (Lipinski definition) is 0. The van der Waals surface area contributed by atoms with Gasteiger partial charge >= 0.3 is 0 Å². The van der Waals surface area contributed by atoms with Crippen LogP contribution in [0, 0.1) is 12.0 Å². The fourth-order valence-corrected chi connectivity index (χ4v) is 4.49. The molecule has 0 atom stereocenters. The average Bonchev–Trinajstić information content (AvgIpc) is 2.76. The van der Waals surface area contributed by atoms with Crippen LogP contribution in [-0.2, 0) is 11.8 Å². The van der Waals surface area contributed by atoms with Gasteiger partial charge in [0.2, 0.25) is 5.69 Å². The third kappa shape index (κ3) is 4.83. The van der Waals surface area contributed by atoms with Crippen molar-refractivity contribution in [3.05, 3.63) is 95.5 Å². The molecule has 0 aliphatic carbocycles. The monoisotopic (exact) mass is 432 g/mol. The number of hydrogen-bond acceptors (Lipinski definition) is 1. The van der Waals surface area contributed by atoms with E-state index in [-0.39, 0.29) is 10.8 Å². The Hall–Kier alpha value is -3.44. The Bertz CT molecular complexity index is 1340. The van der Waals surface area contributed by atoms with Gasteiger partial charge in [-0.15, -0.1) is 0 Å². The topological polar surface area (TPSA) is 17.2 Å². The standard InChI is InChI=1S/C31H32N2/c1-30(2,3)20-21-12-14-22(15-13-21)26-16-17-33-28(29(26)32-7)24-18-23-10-8-9-11-25(23)27(19-24)31(4,5)6/h8-19H,20H2,1-6H3. The van der Waals surface area contributed by atoms with E-state index in [0.29, 0.717) is 5.69 Å². The van der Waals surface area contributed by atoms with E-state index in [4.69, 9.17) is 6.57 Å². The SMILES string of the molecule is [C-]#[N+]c1c(-c2ccc(CC(C)(C)C)cc2)ccnc1-c1cc(C(C)(C)C)c2ccccc2c1. The highest BCUT2D eigenvalue weighted by molar-refractivity contribution is 5.95. The molecule has 4 aromatic rings. The average molecular weight is 433 g/mol. The zero-order chi connectivity index (χ0) is 23.8. The number of aromatic nitrogens is 1. The summed E-state index contributed by atoms with van der Waals surface area (Å²) in [7, 11) is 0. The Morgan fingerprint density at radius 1 is 0.818 bits per heavy atom. The third-order valence-electron chi connectivity index (χ3n) is 5.98. The van der Waals surface area contributed by atoms with Crippen molar-refractivity contribution in [3.8, 4) is 22.4 Å². The molecule has 1 heterocycles. The van der Waals surface area contributed by atoms with Crippen LogP contribution < -0.4 is 0 Å². The van der Waals surface area contributed by atoms with Gasteiger partial charge in [0.25, 0.3) is 0 Å². The highest BCUT2D eigenvalue weighted by atomic mass is 14.8. The van der Waals surface area contributed by atoms with Crippen molar-refractivity contribution < 1.29 is 0 Å². The minimum atomic E-state index is -0.0195. The molecule has 0 saturated carbocycles. The maximum absolute atomic E-state index is 8.01. The maximum atomic E-state index is 8.01. The van der Waals surface area contributed by atoms with E-state index in [1.54, 1.807) is 0 Å². The smallest absolute Gasteiger partial charge is 0.220 e. The molecule has 0 aliphatic heterocycles. The van der Waals surface area contributed by atoms with Crippen LogP contribution in [0.4, 0.5) is 5.69 Å². The molecule has 2 heteroatoms. The second-order valence-electron chi connectivity index (χ2n) is 11.1. The lowest BCUT2D eigenvalue weighted by molar-refractivity contribution is 0.411. The molecule has 0 N–H and O–H groups in total. The van der Waals surface area contributed by atoms with Crippen LogP contribution in [0.3, 0.4) is 0 Å². The lowest BCUT2D eigenvalue weighted by Gasteiger charge is -2.23. The van der Waals surface area contributed by atoms with Crippen molar-refractivity contribution in [2.45, 2.75) is 53.4 Å². The zero-order valence-electron chi connectivity index (χ0n) is 20.5. The largest absolute Gasteiger partial charge is 0.268 e. The molecule has 4 rings (SSSR count). The summed E-state index contributed by atoms with van der Waals surface area (Å²) < 4.78 is 0. The maximum Gasteiger partial charge on any atom is 0.220 e. The Labute approximate surface area is 198 Å². The van der Waals surface area contributed by atoms with Gasteiger partial charge in [-0.3, -0.25) is 4.98 Å². The Morgan fingerprint density at radius 2 is 1.52 bits per heavy atom. The molecule has 0 saturated heterocycles. The van der Waals surface area contributed by atoms with Crippen molar-refractivity contribution in [2.75, 3.05) is 0 Å². The normalized spacial score (nSPS) is 12.0. The van der Waals surface area contributed by atoms with E-state index in [1.165, 1.54) is 21.9 Å². The van der Waals surface area contributed by atoms with Crippen LogP contribution in [0.25, 0.3) is 38.0 Å². The first-order valence-electron chi connectivity index (χ1n) is 11.6. The predicted molar refractivity (Wildman–Crippen MR) is 141 cm³/mol. The summed E-state index contributed by atoms with van der Waals surface area (Å²) in [6, 6.07) is 23.5. The summed E-state index contributed by atoms with van der Waals surface area (Å²) in [5.41, 5.74) is 7.15. The van der Waals surface area contributed by atoms with Gasteiger partial charge in [-0.1, -0.05) is 90.1 Å². The minimum absolute atomic E-state index is 0.0195. The summed E-state index contributed by atoms with van der Waals surface area (Å²) in [5.74, 6) is 0. The molecule has 166 valence electrons. The molecule has 0 aliphatic rings. The number of benzene rings is 3. The van der Waals surface area contributed by atoms with Crippen molar-refractivity contribution in [3.63, 3.8) is 0 Å². The van der Waals surface area contributed by atoms with E-state index in [9.17, 15) is 0 Å². The van der Waals surface area contributed by atoms with Gasteiger partial charge in [0.1, 0.15) is 0 Å². The molecular weight excluding hydrogens is 400 g/mol. The van der Waals surface area contributed by atoms with Gasteiger partial charge in [-0.2, -0.15) is 0 Å².